The molecule has 31 heavy (non-hydrogen) atoms. The Labute approximate surface area is 176 Å². The molecule has 0 heterocycles. The SMILES string of the molecule is COc1ccc(C(=O)CCC(=O)O)cc1F.N[C@H](CCC(=O)NCP(=O)(O)O)C(=O)O. The van der Waals surface area contributed by atoms with Crippen molar-refractivity contribution in [2.75, 3.05) is 13.4 Å². The minimum absolute atomic E-state index is 0.0507. The van der Waals surface area contributed by atoms with Crippen molar-refractivity contribution < 1.29 is 52.9 Å². The van der Waals surface area contributed by atoms with Crippen LogP contribution in [-0.4, -0.2) is 63.1 Å². The zero-order valence-electron chi connectivity index (χ0n) is 16.5. The second kappa shape index (κ2) is 13.4. The number of nitrogens with one attached hydrogen (secondary N) is 1. The minimum Gasteiger partial charge on any atom is -0.494 e. The van der Waals surface area contributed by atoms with Crippen molar-refractivity contribution in [2.24, 2.45) is 5.73 Å². The first kappa shape index (κ1) is 28.1. The van der Waals surface area contributed by atoms with Crippen LogP contribution in [0.25, 0.3) is 0 Å². The van der Waals surface area contributed by atoms with Gasteiger partial charge >= 0.3 is 19.5 Å². The number of aliphatic carboxylic acids is 2. The van der Waals surface area contributed by atoms with Gasteiger partial charge in [-0.2, -0.15) is 0 Å². The molecule has 0 spiro atoms. The van der Waals surface area contributed by atoms with Crippen LogP contribution in [0.3, 0.4) is 0 Å². The second-order valence-corrected chi connectivity index (χ2v) is 7.72. The predicted octanol–water partition coefficient (Wildman–Crippen LogP) is 0.312. The van der Waals surface area contributed by atoms with Crippen LogP contribution in [0.1, 0.15) is 36.0 Å². The number of ether oxygens (including phenoxy) is 1. The monoisotopic (exact) mass is 466 g/mol. The standard InChI is InChI=1S/C11H11FO4.C6H13N2O6P/c1-16-10-4-2-7(6-8(10)12)9(13)3-5-11(14)15;7-4(6(10)11)1-2-5(9)8-3-15(12,13)14/h2,4,6H,3,5H2,1H3,(H,14,15);4H,1-3,7H2,(H,8,9)(H,10,11)(H2,12,13,14)/t;4-/m.1/s1. The molecule has 0 saturated carbocycles. The molecule has 0 fully saturated rings. The van der Waals surface area contributed by atoms with Crippen molar-refractivity contribution in [3.63, 3.8) is 0 Å². The number of Topliss-reactive ketones (excluding diaryl/α,β-unsaturated/α-hetero) is 1. The maximum absolute atomic E-state index is 13.2. The summed E-state index contributed by atoms with van der Waals surface area (Å²) < 4.78 is 28.3. The summed E-state index contributed by atoms with van der Waals surface area (Å²) in [5.74, 6) is -3.91. The zero-order chi connectivity index (χ0) is 24.2. The second-order valence-electron chi connectivity index (χ2n) is 6.07. The first-order valence-corrected chi connectivity index (χ1v) is 10.4. The molecule has 174 valence electrons. The molecule has 0 aromatic heterocycles. The van der Waals surface area contributed by atoms with E-state index in [-0.39, 0.29) is 37.0 Å². The van der Waals surface area contributed by atoms with Gasteiger partial charge in [0.1, 0.15) is 12.3 Å². The van der Waals surface area contributed by atoms with Crippen LogP contribution < -0.4 is 15.8 Å². The third-order valence-corrected chi connectivity index (χ3v) is 4.09. The van der Waals surface area contributed by atoms with Crippen molar-refractivity contribution >= 4 is 31.2 Å². The van der Waals surface area contributed by atoms with Crippen LogP contribution in [0.2, 0.25) is 0 Å². The minimum atomic E-state index is -4.27. The van der Waals surface area contributed by atoms with E-state index in [9.17, 15) is 28.1 Å². The molecule has 1 rings (SSSR count). The number of benzene rings is 1. The van der Waals surface area contributed by atoms with E-state index in [0.29, 0.717) is 0 Å². The van der Waals surface area contributed by atoms with E-state index in [2.05, 4.69) is 0 Å². The molecule has 0 unspecified atom stereocenters. The van der Waals surface area contributed by atoms with Crippen LogP contribution >= 0.6 is 7.60 Å². The summed E-state index contributed by atoms with van der Waals surface area (Å²) in [5.41, 5.74) is 5.27. The number of carboxylic acid groups (broad SMARTS) is 2. The Morgan fingerprint density at radius 3 is 2.23 bits per heavy atom. The van der Waals surface area contributed by atoms with Crippen molar-refractivity contribution in [1.29, 1.82) is 0 Å². The van der Waals surface area contributed by atoms with Gasteiger partial charge in [0.05, 0.1) is 13.5 Å². The Morgan fingerprint density at radius 1 is 1.16 bits per heavy atom. The molecule has 12 nitrogen and oxygen atoms in total. The Balaban J connectivity index is 0.000000582. The molecule has 0 aliphatic heterocycles. The van der Waals surface area contributed by atoms with Crippen LogP contribution in [-0.2, 0) is 18.9 Å². The number of carbonyl (C=O) groups is 4. The number of carbonyl (C=O) groups excluding carboxylic acids is 2. The molecule has 0 saturated heterocycles. The fourth-order valence-corrected chi connectivity index (χ4v) is 2.28. The number of halogens is 1. The maximum atomic E-state index is 13.2. The van der Waals surface area contributed by atoms with Crippen molar-refractivity contribution in [1.82, 2.24) is 5.32 Å². The molecule has 1 atom stereocenters. The first-order valence-electron chi connectivity index (χ1n) is 8.65. The number of methoxy groups -OCH3 is 1. The number of nitrogens with two attached hydrogens (primary N) is 1. The van der Waals surface area contributed by atoms with Crippen LogP contribution in [0, 0.1) is 5.82 Å². The number of rotatable bonds is 11. The molecule has 7 N–H and O–H groups in total. The van der Waals surface area contributed by atoms with E-state index in [4.69, 9.17) is 30.5 Å². The average molecular weight is 466 g/mol. The molecule has 14 heteroatoms. The van der Waals surface area contributed by atoms with Gasteiger partial charge in [0, 0.05) is 18.4 Å². The predicted molar refractivity (Wildman–Crippen MR) is 104 cm³/mol. The quantitative estimate of drug-likeness (QED) is 0.193. The van der Waals surface area contributed by atoms with E-state index in [1.54, 1.807) is 0 Å². The van der Waals surface area contributed by atoms with E-state index in [1.165, 1.54) is 19.2 Å². The Kier molecular flexibility index (Phi) is 12.2. The Hall–Kier alpha value is -2.86. The fourth-order valence-electron chi connectivity index (χ4n) is 1.89. The molecular weight excluding hydrogens is 442 g/mol. The number of hydrogen-bond donors (Lipinski definition) is 6. The summed E-state index contributed by atoms with van der Waals surface area (Å²) in [6, 6.07) is 2.64. The topological polar surface area (TPSA) is 214 Å². The van der Waals surface area contributed by atoms with Gasteiger partial charge in [-0.05, 0) is 24.6 Å². The summed E-state index contributed by atoms with van der Waals surface area (Å²) in [6.07, 6.45) is -1.42. The van der Waals surface area contributed by atoms with Crippen LogP contribution in [0.15, 0.2) is 18.2 Å². The van der Waals surface area contributed by atoms with E-state index in [0.717, 1.165) is 6.07 Å². The molecule has 1 aromatic carbocycles. The van der Waals surface area contributed by atoms with E-state index < -0.39 is 49.4 Å². The summed E-state index contributed by atoms with van der Waals surface area (Å²) in [5, 5.41) is 18.7. The summed E-state index contributed by atoms with van der Waals surface area (Å²) >= 11 is 0. The number of ketones is 1. The van der Waals surface area contributed by atoms with E-state index >= 15 is 0 Å². The van der Waals surface area contributed by atoms with Crippen molar-refractivity contribution in [3.8, 4) is 5.75 Å². The van der Waals surface area contributed by atoms with Crippen molar-refractivity contribution in [3.05, 3.63) is 29.6 Å². The summed E-state index contributed by atoms with van der Waals surface area (Å²) in [7, 11) is -2.94. The highest BCUT2D eigenvalue weighted by atomic mass is 31.2. The molecule has 1 aromatic rings. The number of carboxylic acids is 2. The van der Waals surface area contributed by atoms with Gasteiger partial charge in [-0.15, -0.1) is 0 Å². The molecule has 0 aliphatic rings. The largest absolute Gasteiger partial charge is 0.494 e. The molecule has 0 bridgehead atoms. The lowest BCUT2D eigenvalue weighted by Crippen LogP contribution is -2.32. The lowest BCUT2D eigenvalue weighted by atomic mass is 10.1. The third kappa shape index (κ3) is 13.1. The molecule has 0 aliphatic carbocycles. The smallest absolute Gasteiger partial charge is 0.344 e. The highest BCUT2D eigenvalue weighted by Crippen LogP contribution is 2.31. The van der Waals surface area contributed by atoms with Gasteiger partial charge in [-0.25, -0.2) is 4.39 Å². The first-order chi connectivity index (χ1) is 14.3. The van der Waals surface area contributed by atoms with Gasteiger partial charge in [0.15, 0.2) is 17.3 Å². The maximum Gasteiger partial charge on any atom is 0.344 e. The Morgan fingerprint density at radius 2 is 1.77 bits per heavy atom. The highest BCUT2D eigenvalue weighted by molar-refractivity contribution is 7.51. The third-order valence-electron chi connectivity index (χ3n) is 3.52. The average Bonchev–Trinajstić information content (AvgIpc) is 2.68. The number of amides is 1. The van der Waals surface area contributed by atoms with Gasteiger partial charge < -0.3 is 35.8 Å². The van der Waals surface area contributed by atoms with Crippen molar-refractivity contribution in [2.45, 2.75) is 31.7 Å². The molecule has 0 radical (unpaired) electrons. The van der Waals surface area contributed by atoms with Crippen LogP contribution in [0.4, 0.5) is 4.39 Å². The lowest BCUT2D eigenvalue weighted by Gasteiger charge is -2.08. The molecular formula is C17H24FN2O10P. The summed E-state index contributed by atoms with van der Waals surface area (Å²) in [4.78, 5) is 59.7. The fraction of sp³-hybridized carbons (Fsp3) is 0.412. The van der Waals surface area contributed by atoms with Gasteiger partial charge in [0.2, 0.25) is 5.91 Å². The van der Waals surface area contributed by atoms with Gasteiger partial charge in [0.25, 0.3) is 0 Å². The lowest BCUT2D eigenvalue weighted by molar-refractivity contribution is -0.139. The number of hydrogen-bond acceptors (Lipinski definition) is 7. The van der Waals surface area contributed by atoms with Gasteiger partial charge in [-0.1, -0.05) is 0 Å². The Bertz CT molecular complexity index is 842. The highest BCUT2D eigenvalue weighted by Gasteiger charge is 2.17. The molecule has 1 amide bonds. The van der Waals surface area contributed by atoms with E-state index in [1.807, 2.05) is 5.32 Å². The van der Waals surface area contributed by atoms with Crippen LogP contribution in [0.5, 0.6) is 5.75 Å². The van der Waals surface area contributed by atoms with Gasteiger partial charge in [-0.3, -0.25) is 23.7 Å². The summed E-state index contributed by atoms with van der Waals surface area (Å²) in [6.45, 7) is 0. The normalized spacial score (nSPS) is 11.5. The zero-order valence-corrected chi connectivity index (χ0v) is 17.4.